The van der Waals surface area contributed by atoms with E-state index in [0.29, 0.717) is 24.8 Å². The highest BCUT2D eigenvalue weighted by atomic mass is 16.5. The van der Waals surface area contributed by atoms with Gasteiger partial charge < -0.3 is 25.2 Å². The summed E-state index contributed by atoms with van der Waals surface area (Å²) in [6, 6.07) is 16.3. The van der Waals surface area contributed by atoms with Crippen LogP contribution in [0.2, 0.25) is 0 Å². The van der Waals surface area contributed by atoms with Gasteiger partial charge in [-0.25, -0.2) is 9.50 Å². The molecule has 0 bridgehead atoms. The van der Waals surface area contributed by atoms with E-state index in [4.69, 9.17) is 14.6 Å². The number of aliphatic hydroxyl groups excluding tert-OH is 1. The summed E-state index contributed by atoms with van der Waals surface area (Å²) in [5.41, 5.74) is 5.95. The molecule has 34 heavy (non-hydrogen) atoms. The van der Waals surface area contributed by atoms with Crippen molar-refractivity contribution in [3.63, 3.8) is 0 Å². The van der Waals surface area contributed by atoms with Crippen molar-refractivity contribution < 1.29 is 14.6 Å². The van der Waals surface area contributed by atoms with E-state index in [1.54, 1.807) is 13.3 Å². The molecule has 2 aromatic carbocycles. The molecule has 4 aromatic rings. The minimum atomic E-state index is -0.404. The van der Waals surface area contributed by atoms with E-state index in [2.05, 4.69) is 33.8 Å². The Kier molecular flexibility index (Phi) is 5.31. The van der Waals surface area contributed by atoms with Crippen LogP contribution in [0.5, 0.6) is 11.5 Å². The monoisotopic (exact) mass is 457 g/mol. The molecule has 2 aliphatic heterocycles. The lowest BCUT2D eigenvalue weighted by atomic mass is 9.87. The molecular weight excluding hydrogens is 430 g/mol. The quantitative estimate of drug-likeness (QED) is 0.422. The number of hydrogen-bond donors (Lipinski definition) is 3. The van der Waals surface area contributed by atoms with Crippen molar-refractivity contribution in [1.29, 1.82) is 0 Å². The molecule has 8 heteroatoms. The number of methoxy groups -OCH3 is 1. The van der Waals surface area contributed by atoms with Gasteiger partial charge in [0.05, 0.1) is 42.9 Å². The van der Waals surface area contributed by atoms with Gasteiger partial charge in [-0.15, -0.1) is 5.10 Å². The predicted molar refractivity (Wildman–Crippen MR) is 130 cm³/mol. The maximum atomic E-state index is 10.4. The average Bonchev–Trinajstić information content (AvgIpc) is 3.51. The van der Waals surface area contributed by atoms with Gasteiger partial charge in [-0.3, -0.25) is 0 Å². The second-order valence-electron chi connectivity index (χ2n) is 8.78. The average molecular weight is 458 g/mol. The highest BCUT2D eigenvalue weighted by Gasteiger charge is 2.25. The zero-order chi connectivity index (χ0) is 23.1. The number of hydrogen-bond acceptors (Lipinski definition) is 7. The molecule has 8 nitrogen and oxygen atoms in total. The van der Waals surface area contributed by atoms with Crippen LogP contribution in [0.3, 0.4) is 0 Å². The van der Waals surface area contributed by atoms with Crippen molar-refractivity contribution in [2.75, 3.05) is 32.1 Å². The summed E-state index contributed by atoms with van der Waals surface area (Å²) in [6.45, 7) is 2.21. The predicted octanol–water partition coefficient (Wildman–Crippen LogP) is 3.52. The molecule has 6 rings (SSSR count). The van der Waals surface area contributed by atoms with Gasteiger partial charge in [0.25, 0.3) is 0 Å². The van der Waals surface area contributed by atoms with E-state index in [-0.39, 0.29) is 5.92 Å². The van der Waals surface area contributed by atoms with Crippen LogP contribution in [0.15, 0.2) is 54.7 Å². The highest BCUT2D eigenvalue weighted by Crippen LogP contribution is 2.38. The van der Waals surface area contributed by atoms with E-state index in [0.717, 1.165) is 53.2 Å². The smallest absolute Gasteiger partial charge is 0.245 e. The van der Waals surface area contributed by atoms with Gasteiger partial charge in [-0.1, -0.05) is 18.2 Å². The number of aromatic nitrogens is 3. The number of piperidine rings is 1. The van der Waals surface area contributed by atoms with Crippen molar-refractivity contribution in [2.24, 2.45) is 0 Å². The number of fused-ring (bicyclic) bond motifs is 2. The van der Waals surface area contributed by atoms with Crippen molar-refractivity contribution in [2.45, 2.75) is 24.9 Å². The molecule has 1 fully saturated rings. The maximum Gasteiger partial charge on any atom is 0.245 e. The second kappa shape index (κ2) is 8.62. The molecule has 0 spiro atoms. The summed E-state index contributed by atoms with van der Waals surface area (Å²) in [5, 5.41) is 21.7. The van der Waals surface area contributed by atoms with E-state index in [1.165, 1.54) is 5.56 Å². The lowest BCUT2D eigenvalue weighted by Crippen LogP contribution is -2.39. The summed E-state index contributed by atoms with van der Waals surface area (Å²) in [7, 11) is 1.65. The molecule has 0 amide bonds. The van der Waals surface area contributed by atoms with Crippen LogP contribution in [0.25, 0.3) is 16.8 Å². The standard InChI is InChI=1S/C26H27N5O3/c1-33-24-13-17(19-9-11-27-15-23(19)32)5-7-21(24)29-26-28-14-18-6-8-22(31(18)30-26)20-4-2-3-16-10-12-34-25(16)20/h2-8,13-14,19,23,27,32H,9-12,15H2,1H3,(H,29,30). The molecular formula is C26H27N5O3. The summed E-state index contributed by atoms with van der Waals surface area (Å²) >= 11 is 0. The molecule has 174 valence electrons. The lowest BCUT2D eigenvalue weighted by Gasteiger charge is -2.29. The number of nitrogens with one attached hydrogen (secondary N) is 2. The molecule has 2 unspecified atom stereocenters. The Bertz CT molecular complexity index is 1350. The van der Waals surface area contributed by atoms with E-state index < -0.39 is 6.10 Å². The second-order valence-corrected chi connectivity index (χ2v) is 8.78. The highest BCUT2D eigenvalue weighted by molar-refractivity contribution is 5.74. The van der Waals surface area contributed by atoms with Gasteiger partial charge in [0.1, 0.15) is 11.5 Å². The van der Waals surface area contributed by atoms with Crippen molar-refractivity contribution >= 4 is 17.2 Å². The molecule has 0 saturated carbocycles. The van der Waals surface area contributed by atoms with Crippen LogP contribution < -0.4 is 20.1 Å². The first-order valence-electron chi connectivity index (χ1n) is 11.6. The van der Waals surface area contributed by atoms with Gasteiger partial charge in [0.15, 0.2) is 0 Å². The van der Waals surface area contributed by atoms with Gasteiger partial charge in [-0.05, 0) is 54.4 Å². The number of rotatable bonds is 5. The molecule has 1 saturated heterocycles. The molecule has 0 radical (unpaired) electrons. The molecule has 2 atom stereocenters. The van der Waals surface area contributed by atoms with Gasteiger partial charge >= 0.3 is 0 Å². The zero-order valence-corrected chi connectivity index (χ0v) is 19.0. The van der Waals surface area contributed by atoms with Crippen LogP contribution in [0.4, 0.5) is 11.6 Å². The fourth-order valence-electron chi connectivity index (χ4n) is 4.97. The minimum Gasteiger partial charge on any atom is -0.495 e. The summed E-state index contributed by atoms with van der Waals surface area (Å²) in [4.78, 5) is 4.50. The summed E-state index contributed by atoms with van der Waals surface area (Å²) < 4.78 is 13.5. The number of anilines is 2. The zero-order valence-electron chi connectivity index (χ0n) is 19.0. The number of para-hydroxylation sites is 1. The molecule has 3 N–H and O–H groups in total. The Morgan fingerprint density at radius 2 is 2.15 bits per heavy atom. The van der Waals surface area contributed by atoms with Crippen LogP contribution >= 0.6 is 0 Å². The maximum absolute atomic E-state index is 10.4. The first-order chi connectivity index (χ1) is 16.7. The minimum absolute atomic E-state index is 0.0917. The van der Waals surface area contributed by atoms with Gasteiger partial charge in [0, 0.05) is 24.4 Å². The normalized spacial score (nSPS) is 19.6. The molecule has 2 aliphatic rings. The van der Waals surface area contributed by atoms with Gasteiger partial charge in [0.2, 0.25) is 5.95 Å². The Labute approximate surface area is 197 Å². The Hall–Kier alpha value is -3.62. The SMILES string of the molecule is COc1cc(C2CCNCC2O)ccc1Nc1ncc2ccc(-c3cccc4c3OCC4)n2n1. The van der Waals surface area contributed by atoms with E-state index >= 15 is 0 Å². The van der Waals surface area contributed by atoms with Crippen LogP contribution in [0, 0.1) is 0 Å². The number of benzene rings is 2. The van der Waals surface area contributed by atoms with Crippen molar-refractivity contribution in [1.82, 2.24) is 19.9 Å². The number of ether oxygens (including phenoxy) is 2. The Balaban J connectivity index is 1.33. The summed E-state index contributed by atoms with van der Waals surface area (Å²) in [6.07, 6.45) is 3.21. The first-order valence-corrected chi connectivity index (χ1v) is 11.6. The molecule has 0 aliphatic carbocycles. The Morgan fingerprint density at radius 1 is 1.21 bits per heavy atom. The number of β-amino-alcohol motifs (C(OH)–C–C–N with tert-alkyl or cyclic N) is 1. The van der Waals surface area contributed by atoms with Crippen molar-refractivity contribution in [3.05, 3.63) is 65.9 Å². The van der Waals surface area contributed by atoms with Crippen molar-refractivity contribution in [3.8, 4) is 22.8 Å². The number of nitrogens with zero attached hydrogens (tertiary/aromatic N) is 3. The third-order valence-corrected chi connectivity index (χ3v) is 6.74. The first kappa shape index (κ1) is 20.9. The largest absolute Gasteiger partial charge is 0.495 e. The number of aliphatic hydroxyl groups is 1. The molecule has 2 aromatic heterocycles. The van der Waals surface area contributed by atoms with E-state index in [1.807, 2.05) is 34.8 Å². The molecule has 4 heterocycles. The fourth-order valence-corrected chi connectivity index (χ4v) is 4.97. The van der Waals surface area contributed by atoms with E-state index in [9.17, 15) is 5.11 Å². The van der Waals surface area contributed by atoms with Crippen LogP contribution in [-0.4, -0.2) is 52.6 Å². The third-order valence-electron chi connectivity index (χ3n) is 6.74. The summed E-state index contributed by atoms with van der Waals surface area (Å²) in [5.74, 6) is 2.18. The topological polar surface area (TPSA) is 92.9 Å². The lowest BCUT2D eigenvalue weighted by molar-refractivity contribution is 0.118. The Morgan fingerprint density at radius 3 is 3.03 bits per heavy atom. The van der Waals surface area contributed by atoms with Crippen LogP contribution in [-0.2, 0) is 6.42 Å². The third kappa shape index (κ3) is 3.65. The fraction of sp³-hybridized carbons (Fsp3) is 0.308. The van der Waals surface area contributed by atoms with Crippen LogP contribution in [0.1, 0.15) is 23.5 Å². The van der Waals surface area contributed by atoms with Gasteiger partial charge in [-0.2, -0.15) is 0 Å².